The van der Waals surface area contributed by atoms with Crippen LogP contribution in [0.5, 0.6) is 0 Å². The third kappa shape index (κ3) is 5.38. The second kappa shape index (κ2) is 7.56. The fraction of sp³-hybridized carbons (Fsp3) is 0.600. The molecule has 2 amide bonds. The largest absolute Gasteiger partial charge is 0.443 e. The van der Waals surface area contributed by atoms with E-state index in [0.717, 1.165) is 12.8 Å². The third-order valence-corrected chi connectivity index (χ3v) is 3.70. The number of amides is 2. The molecule has 1 aliphatic rings. The number of rotatable bonds is 0. The van der Waals surface area contributed by atoms with Crippen LogP contribution in [-0.2, 0) is 9.47 Å². The maximum Gasteiger partial charge on any atom is 0.414 e. The molecular formula is C20H30N2O4. The van der Waals surface area contributed by atoms with Crippen LogP contribution in [0.2, 0.25) is 0 Å². The molecule has 0 radical (unpaired) electrons. The summed E-state index contributed by atoms with van der Waals surface area (Å²) in [5, 5.41) is 0. The zero-order chi connectivity index (χ0) is 19.5. The number of benzene rings is 1. The van der Waals surface area contributed by atoms with Crippen LogP contribution in [0.3, 0.4) is 0 Å². The first-order chi connectivity index (χ1) is 12.0. The van der Waals surface area contributed by atoms with Crippen molar-refractivity contribution >= 4 is 23.6 Å². The van der Waals surface area contributed by atoms with E-state index in [9.17, 15) is 9.59 Å². The molecule has 1 aliphatic heterocycles. The molecule has 1 aromatic carbocycles. The van der Waals surface area contributed by atoms with E-state index in [0.29, 0.717) is 24.5 Å². The zero-order valence-electron chi connectivity index (χ0n) is 16.7. The van der Waals surface area contributed by atoms with Gasteiger partial charge in [0.25, 0.3) is 0 Å². The summed E-state index contributed by atoms with van der Waals surface area (Å²) in [5.41, 5.74) is 0.151. The average Bonchev–Trinajstić information content (AvgIpc) is 2.44. The Kier molecular flexibility index (Phi) is 5.84. The standard InChI is InChI=1S/C20H30N2O4/c1-19(2,3)25-17(23)21-13-9-10-14-22(18(24)26-20(4,5)6)16-12-8-7-11-15(16)21/h7-8,11-12H,9-10,13-14H2,1-6H3. The van der Waals surface area contributed by atoms with E-state index in [-0.39, 0.29) is 0 Å². The number of carbonyl (C=O) groups excluding carboxylic acids is 2. The monoisotopic (exact) mass is 362 g/mol. The molecular weight excluding hydrogens is 332 g/mol. The zero-order valence-corrected chi connectivity index (χ0v) is 16.7. The van der Waals surface area contributed by atoms with Gasteiger partial charge >= 0.3 is 12.2 Å². The van der Waals surface area contributed by atoms with Crippen molar-refractivity contribution in [2.45, 2.75) is 65.6 Å². The Bertz CT molecular complexity index is 602. The summed E-state index contributed by atoms with van der Waals surface area (Å²) < 4.78 is 11.1. The molecule has 144 valence electrons. The van der Waals surface area contributed by atoms with Crippen LogP contribution in [0.25, 0.3) is 0 Å². The number of anilines is 2. The number of fused-ring (bicyclic) bond motifs is 1. The Labute approximate surface area is 156 Å². The van der Waals surface area contributed by atoms with Crippen LogP contribution in [-0.4, -0.2) is 36.5 Å². The lowest BCUT2D eigenvalue weighted by Gasteiger charge is -2.34. The van der Waals surface area contributed by atoms with Gasteiger partial charge in [-0.2, -0.15) is 0 Å². The highest BCUT2D eigenvalue weighted by molar-refractivity contribution is 5.98. The lowest BCUT2D eigenvalue weighted by Crippen LogP contribution is -2.43. The van der Waals surface area contributed by atoms with Gasteiger partial charge in [0.15, 0.2) is 0 Å². The second-order valence-electron chi connectivity index (χ2n) is 8.46. The highest BCUT2D eigenvalue weighted by Crippen LogP contribution is 2.33. The van der Waals surface area contributed by atoms with E-state index in [1.54, 1.807) is 9.80 Å². The van der Waals surface area contributed by atoms with Gasteiger partial charge in [0.05, 0.1) is 11.4 Å². The van der Waals surface area contributed by atoms with E-state index < -0.39 is 23.4 Å². The van der Waals surface area contributed by atoms with Gasteiger partial charge in [-0.3, -0.25) is 9.80 Å². The molecule has 0 saturated heterocycles. The van der Waals surface area contributed by atoms with Crippen molar-refractivity contribution < 1.29 is 19.1 Å². The van der Waals surface area contributed by atoms with Crippen LogP contribution in [0, 0.1) is 0 Å². The quantitative estimate of drug-likeness (QED) is 0.654. The smallest absolute Gasteiger partial charge is 0.414 e. The number of para-hydroxylation sites is 2. The van der Waals surface area contributed by atoms with Gasteiger partial charge in [-0.05, 0) is 66.5 Å². The molecule has 0 N–H and O–H groups in total. The van der Waals surface area contributed by atoms with Crippen molar-refractivity contribution in [1.82, 2.24) is 0 Å². The summed E-state index contributed by atoms with van der Waals surface area (Å²) in [7, 11) is 0. The molecule has 6 heteroatoms. The minimum atomic E-state index is -0.584. The molecule has 0 bridgehead atoms. The van der Waals surface area contributed by atoms with Crippen LogP contribution in [0.1, 0.15) is 54.4 Å². The van der Waals surface area contributed by atoms with Crippen molar-refractivity contribution in [1.29, 1.82) is 0 Å². The van der Waals surface area contributed by atoms with Crippen molar-refractivity contribution in [3.05, 3.63) is 24.3 Å². The Hall–Kier alpha value is -2.24. The summed E-state index contributed by atoms with van der Waals surface area (Å²) in [4.78, 5) is 28.6. The van der Waals surface area contributed by atoms with Gasteiger partial charge in [-0.1, -0.05) is 12.1 Å². The van der Waals surface area contributed by atoms with Gasteiger partial charge in [-0.15, -0.1) is 0 Å². The van der Waals surface area contributed by atoms with Crippen molar-refractivity contribution in [3.8, 4) is 0 Å². The number of hydrogen-bond acceptors (Lipinski definition) is 4. The van der Waals surface area contributed by atoms with Crippen LogP contribution >= 0.6 is 0 Å². The highest BCUT2D eigenvalue weighted by Gasteiger charge is 2.31. The predicted octanol–water partition coefficient (Wildman–Crippen LogP) is 4.96. The molecule has 0 fully saturated rings. The molecule has 6 nitrogen and oxygen atoms in total. The number of carbonyl (C=O) groups is 2. The summed E-state index contributed by atoms with van der Waals surface area (Å²) in [6, 6.07) is 7.38. The molecule has 0 saturated carbocycles. The van der Waals surface area contributed by atoms with Crippen molar-refractivity contribution in [2.24, 2.45) is 0 Å². The van der Waals surface area contributed by atoms with Gasteiger partial charge in [-0.25, -0.2) is 9.59 Å². The van der Waals surface area contributed by atoms with Crippen molar-refractivity contribution in [3.63, 3.8) is 0 Å². The SMILES string of the molecule is CC(C)(C)OC(=O)N1CCCCN(C(=O)OC(C)(C)C)c2ccccc21. The van der Waals surface area contributed by atoms with Crippen LogP contribution < -0.4 is 9.80 Å². The van der Waals surface area contributed by atoms with Crippen LogP contribution in [0.15, 0.2) is 24.3 Å². The van der Waals surface area contributed by atoms with Gasteiger partial charge < -0.3 is 9.47 Å². The fourth-order valence-corrected chi connectivity index (χ4v) is 2.71. The molecule has 0 aromatic heterocycles. The maximum absolute atomic E-state index is 12.7. The normalized spacial score (nSPS) is 15.6. The molecule has 0 atom stereocenters. The first-order valence-electron chi connectivity index (χ1n) is 9.08. The Morgan fingerprint density at radius 2 is 1.12 bits per heavy atom. The van der Waals surface area contributed by atoms with Gasteiger partial charge in [0.1, 0.15) is 11.2 Å². The summed E-state index contributed by atoms with van der Waals surface area (Å²) >= 11 is 0. The van der Waals surface area contributed by atoms with E-state index in [2.05, 4.69) is 0 Å². The average molecular weight is 362 g/mol. The molecule has 26 heavy (non-hydrogen) atoms. The van der Waals surface area contributed by atoms with Crippen LogP contribution in [0.4, 0.5) is 21.0 Å². The van der Waals surface area contributed by atoms with E-state index >= 15 is 0 Å². The highest BCUT2D eigenvalue weighted by atomic mass is 16.6. The van der Waals surface area contributed by atoms with E-state index in [4.69, 9.17) is 9.47 Å². The van der Waals surface area contributed by atoms with E-state index in [1.807, 2.05) is 65.8 Å². The Morgan fingerprint density at radius 3 is 1.42 bits per heavy atom. The minimum Gasteiger partial charge on any atom is -0.443 e. The first kappa shape index (κ1) is 20.1. The van der Waals surface area contributed by atoms with Crippen molar-refractivity contribution in [2.75, 3.05) is 22.9 Å². The molecule has 0 unspecified atom stereocenters. The van der Waals surface area contributed by atoms with Gasteiger partial charge in [0, 0.05) is 13.1 Å². The topological polar surface area (TPSA) is 59.1 Å². The summed E-state index contributed by atoms with van der Waals surface area (Å²) in [5.74, 6) is 0. The predicted molar refractivity (Wildman–Crippen MR) is 103 cm³/mol. The molecule has 2 rings (SSSR count). The summed E-state index contributed by atoms with van der Waals surface area (Å²) in [6.45, 7) is 12.1. The molecule has 1 aromatic rings. The Balaban J connectivity index is 2.38. The number of nitrogens with zero attached hydrogens (tertiary/aromatic N) is 2. The van der Waals surface area contributed by atoms with Gasteiger partial charge in [0.2, 0.25) is 0 Å². The molecule has 0 aliphatic carbocycles. The third-order valence-electron chi connectivity index (χ3n) is 3.70. The maximum atomic E-state index is 12.7. The lowest BCUT2D eigenvalue weighted by molar-refractivity contribution is 0.0557. The number of hydrogen-bond donors (Lipinski definition) is 0. The van der Waals surface area contributed by atoms with E-state index in [1.165, 1.54) is 0 Å². The second-order valence-corrected chi connectivity index (χ2v) is 8.46. The lowest BCUT2D eigenvalue weighted by atomic mass is 10.1. The first-order valence-corrected chi connectivity index (χ1v) is 9.08. The fourth-order valence-electron chi connectivity index (χ4n) is 2.71. The summed E-state index contributed by atoms with van der Waals surface area (Å²) in [6.07, 6.45) is 0.728. The number of ether oxygens (including phenoxy) is 2. The Morgan fingerprint density at radius 1 is 0.769 bits per heavy atom. The molecule has 0 spiro atoms. The minimum absolute atomic E-state index is 0.406. The molecule has 1 heterocycles.